The molecule has 0 aliphatic heterocycles. The number of halogens is 1. The van der Waals surface area contributed by atoms with Crippen molar-refractivity contribution in [1.29, 1.82) is 0 Å². The van der Waals surface area contributed by atoms with Gasteiger partial charge in [0.05, 0.1) is 12.8 Å². The van der Waals surface area contributed by atoms with E-state index < -0.39 is 0 Å². The van der Waals surface area contributed by atoms with Gasteiger partial charge < -0.3 is 4.74 Å². The number of nitrogens with zero attached hydrogens (tertiary/aromatic N) is 5. The quantitative estimate of drug-likeness (QED) is 0.391. The number of rotatable bonds is 5. The first-order valence-electron chi connectivity index (χ1n) is 7.21. The Bertz CT molecular complexity index is 885. The number of esters is 1. The zero-order chi connectivity index (χ0) is 17.1. The molecule has 9 heteroatoms. The van der Waals surface area contributed by atoms with E-state index in [1.807, 2.05) is 19.1 Å². The summed E-state index contributed by atoms with van der Waals surface area (Å²) in [6.45, 7) is 1.91. The third-order valence-electron chi connectivity index (χ3n) is 3.35. The van der Waals surface area contributed by atoms with Gasteiger partial charge in [-0.1, -0.05) is 41.6 Å². The molecular formula is C15H14ClN5O2S. The van der Waals surface area contributed by atoms with Gasteiger partial charge in [-0.3, -0.25) is 4.79 Å². The van der Waals surface area contributed by atoms with E-state index in [9.17, 15) is 4.79 Å². The van der Waals surface area contributed by atoms with Crippen LogP contribution in [0.15, 0.2) is 35.6 Å². The standard InChI is InChI=1S/C15H14ClN5O2S/c1-3-11(15(22)23-2)24-14-12-13(17-8-18-14)21(20-19-12)10-6-4-5-9(16)7-10/h4-8,11H,3H2,1-2H3/t11-/m1/s1. The fraction of sp³-hybridized carbons (Fsp3) is 0.267. The average molecular weight is 364 g/mol. The monoisotopic (exact) mass is 363 g/mol. The summed E-state index contributed by atoms with van der Waals surface area (Å²) in [6, 6.07) is 7.24. The Hall–Kier alpha value is -2.19. The molecule has 0 spiro atoms. The molecule has 2 heterocycles. The second kappa shape index (κ2) is 7.14. The minimum Gasteiger partial charge on any atom is -0.468 e. The first-order valence-corrected chi connectivity index (χ1v) is 8.46. The number of benzene rings is 1. The lowest BCUT2D eigenvalue weighted by Crippen LogP contribution is -2.17. The van der Waals surface area contributed by atoms with Crippen molar-refractivity contribution in [2.45, 2.75) is 23.6 Å². The van der Waals surface area contributed by atoms with Gasteiger partial charge in [-0.2, -0.15) is 4.68 Å². The maximum Gasteiger partial charge on any atom is 0.319 e. The van der Waals surface area contributed by atoms with Gasteiger partial charge in [-0.05, 0) is 24.6 Å². The van der Waals surface area contributed by atoms with Crippen LogP contribution in [0.1, 0.15) is 13.3 Å². The predicted molar refractivity (Wildman–Crippen MR) is 91.4 cm³/mol. The Morgan fingerprint density at radius 1 is 1.42 bits per heavy atom. The van der Waals surface area contributed by atoms with Crippen LogP contribution in [-0.2, 0) is 9.53 Å². The number of hydrogen-bond donors (Lipinski definition) is 0. The molecule has 7 nitrogen and oxygen atoms in total. The Labute approximate surface area is 147 Å². The second-order valence-corrected chi connectivity index (χ2v) is 6.50. The summed E-state index contributed by atoms with van der Waals surface area (Å²) in [4.78, 5) is 20.3. The van der Waals surface area contributed by atoms with Gasteiger partial charge >= 0.3 is 5.97 Å². The number of aromatic nitrogens is 5. The molecule has 3 rings (SSSR count). The van der Waals surface area contributed by atoms with Crippen LogP contribution in [0.5, 0.6) is 0 Å². The largest absolute Gasteiger partial charge is 0.468 e. The van der Waals surface area contributed by atoms with E-state index in [2.05, 4.69) is 20.3 Å². The van der Waals surface area contributed by atoms with E-state index in [4.69, 9.17) is 16.3 Å². The molecule has 0 amide bonds. The van der Waals surface area contributed by atoms with Crippen molar-refractivity contribution >= 4 is 40.5 Å². The third-order valence-corrected chi connectivity index (χ3v) is 4.91. The second-order valence-electron chi connectivity index (χ2n) is 4.87. The number of carbonyl (C=O) groups is 1. The lowest BCUT2D eigenvalue weighted by atomic mass is 10.3. The van der Waals surface area contributed by atoms with Crippen molar-refractivity contribution in [3.63, 3.8) is 0 Å². The number of hydrogen-bond acceptors (Lipinski definition) is 7. The SMILES string of the molecule is CC[C@@H](Sc1ncnc2c1nnn2-c1cccc(Cl)c1)C(=O)OC. The summed E-state index contributed by atoms with van der Waals surface area (Å²) in [7, 11) is 1.37. The first-order chi connectivity index (χ1) is 11.6. The number of ether oxygens (including phenoxy) is 1. The zero-order valence-electron chi connectivity index (χ0n) is 13.0. The number of fused-ring (bicyclic) bond motifs is 1. The Balaban J connectivity index is 2.02. The lowest BCUT2D eigenvalue weighted by Gasteiger charge is -2.11. The molecule has 0 unspecified atom stereocenters. The molecule has 1 atom stereocenters. The van der Waals surface area contributed by atoms with Gasteiger partial charge in [-0.15, -0.1) is 5.10 Å². The van der Waals surface area contributed by atoms with Gasteiger partial charge in [0.2, 0.25) is 0 Å². The highest BCUT2D eigenvalue weighted by Gasteiger charge is 2.22. The summed E-state index contributed by atoms with van der Waals surface area (Å²) in [5.74, 6) is -0.295. The molecule has 0 aliphatic rings. The van der Waals surface area contributed by atoms with Crippen LogP contribution in [0.3, 0.4) is 0 Å². The summed E-state index contributed by atoms with van der Waals surface area (Å²) < 4.78 is 6.41. The van der Waals surface area contributed by atoms with Gasteiger partial charge in [0.25, 0.3) is 0 Å². The van der Waals surface area contributed by atoms with Crippen molar-refractivity contribution in [2.24, 2.45) is 0 Å². The molecule has 0 saturated carbocycles. The molecule has 2 aromatic heterocycles. The first kappa shape index (κ1) is 16.7. The minimum atomic E-state index is -0.357. The summed E-state index contributed by atoms with van der Waals surface area (Å²) in [5, 5.41) is 9.14. The van der Waals surface area contributed by atoms with Crippen molar-refractivity contribution in [3.05, 3.63) is 35.6 Å². The van der Waals surface area contributed by atoms with Gasteiger partial charge in [-0.25, -0.2) is 9.97 Å². The van der Waals surface area contributed by atoms with Crippen LogP contribution in [0.25, 0.3) is 16.9 Å². The van der Waals surface area contributed by atoms with Crippen LogP contribution in [0, 0.1) is 0 Å². The third kappa shape index (κ3) is 3.20. The summed E-state index contributed by atoms with van der Waals surface area (Å²) >= 11 is 7.33. The van der Waals surface area contributed by atoms with Crippen LogP contribution in [0.4, 0.5) is 0 Å². The van der Waals surface area contributed by atoms with Gasteiger partial charge in [0.15, 0.2) is 11.2 Å². The highest BCUT2D eigenvalue weighted by Crippen LogP contribution is 2.29. The Morgan fingerprint density at radius 2 is 2.25 bits per heavy atom. The van der Waals surface area contributed by atoms with Gasteiger partial charge in [0.1, 0.15) is 16.6 Å². The van der Waals surface area contributed by atoms with Crippen LogP contribution < -0.4 is 0 Å². The molecule has 0 saturated heterocycles. The number of thioether (sulfide) groups is 1. The average Bonchev–Trinajstić information content (AvgIpc) is 3.04. The minimum absolute atomic E-state index is 0.295. The summed E-state index contributed by atoms with van der Waals surface area (Å²) in [6.07, 6.45) is 2.05. The molecule has 24 heavy (non-hydrogen) atoms. The molecular weight excluding hydrogens is 350 g/mol. The zero-order valence-corrected chi connectivity index (χ0v) is 14.6. The molecule has 0 fully saturated rings. The molecule has 0 bridgehead atoms. The highest BCUT2D eigenvalue weighted by molar-refractivity contribution is 8.00. The van der Waals surface area contributed by atoms with E-state index in [0.29, 0.717) is 27.6 Å². The topological polar surface area (TPSA) is 82.8 Å². The predicted octanol–water partition coefficient (Wildman–Crippen LogP) is 2.91. The molecule has 0 aliphatic carbocycles. The van der Waals surface area contributed by atoms with Crippen LogP contribution in [-0.4, -0.2) is 43.3 Å². The Kier molecular flexibility index (Phi) is 4.96. The van der Waals surface area contributed by atoms with E-state index in [0.717, 1.165) is 5.69 Å². The number of carbonyl (C=O) groups excluding carboxylic acids is 1. The van der Waals surface area contributed by atoms with Crippen molar-refractivity contribution in [2.75, 3.05) is 7.11 Å². The smallest absolute Gasteiger partial charge is 0.319 e. The molecule has 124 valence electrons. The fourth-order valence-corrected chi connectivity index (χ4v) is 3.33. The van der Waals surface area contributed by atoms with Crippen molar-refractivity contribution in [1.82, 2.24) is 25.0 Å². The van der Waals surface area contributed by atoms with Crippen LogP contribution in [0.2, 0.25) is 5.02 Å². The fourth-order valence-electron chi connectivity index (χ4n) is 2.16. The molecule has 0 radical (unpaired) electrons. The Morgan fingerprint density at radius 3 is 2.96 bits per heavy atom. The van der Waals surface area contributed by atoms with Crippen LogP contribution >= 0.6 is 23.4 Å². The molecule has 1 aromatic carbocycles. The maximum absolute atomic E-state index is 11.8. The van der Waals surface area contributed by atoms with E-state index in [1.54, 1.807) is 16.8 Å². The highest BCUT2D eigenvalue weighted by atomic mass is 35.5. The van der Waals surface area contributed by atoms with E-state index >= 15 is 0 Å². The number of methoxy groups -OCH3 is 1. The van der Waals surface area contributed by atoms with E-state index in [-0.39, 0.29) is 11.2 Å². The lowest BCUT2D eigenvalue weighted by molar-refractivity contribution is -0.140. The molecule has 3 aromatic rings. The van der Waals surface area contributed by atoms with Crippen molar-refractivity contribution in [3.8, 4) is 5.69 Å². The van der Waals surface area contributed by atoms with E-state index in [1.165, 1.54) is 25.2 Å². The van der Waals surface area contributed by atoms with Gasteiger partial charge in [0, 0.05) is 5.02 Å². The maximum atomic E-state index is 11.8. The summed E-state index contributed by atoms with van der Waals surface area (Å²) in [5.41, 5.74) is 1.83. The van der Waals surface area contributed by atoms with Crippen molar-refractivity contribution < 1.29 is 9.53 Å². The normalized spacial score (nSPS) is 12.3. The molecule has 0 N–H and O–H groups in total.